The molecule has 206 valence electrons. The lowest BCUT2D eigenvalue weighted by Gasteiger charge is -2.53. The van der Waals surface area contributed by atoms with Crippen molar-refractivity contribution in [1.29, 1.82) is 0 Å². The number of hydrogen-bond acceptors (Lipinski definition) is 8. The third-order valence-electron chi connectivity index (χ3n) is 9.96. The van der Waals surface area contributed by atoms with Crippen molar-refractivity contribution in [3.05, 3.63) is 23.3 Å². The summed E-state index contributed by atoms with van der Waals surface area (Å²) in [4.78, 5) is 39.4. The van der Waals surface area contributed by atoms with Crippen molar-refractivity contribution in [2.24, 2.45) is 40.9 Å². The van der Waals surface area contributed by atoms with E-state index in [0.717, 1.165) is 0 Å². The highest BCUT2D eigenvalue weighted by molar-refractivity contribution is 6.04. The quantitative estimate of drug-likeness (QED) is 0.361. The van der Waals surface area contributed by atoms with Crippen LogP contribution < -0.4 is 0 Å². The normalized spacial score (nSPS) is 42.5. The molecule has 0 unspecified atom stereocenters. The zero-order chi connectivity index (χ0) is 27.9. The van der Waals surface area contributed by atoms with E-state index >= 15 is 0 Å². The Kier molecular flexibility index (Phi) is 6.62. The molecule has 8 nitrogen and oxygen atoms in total. The van der Waals surface area contributed by atoms with Crippen molar-refractivity contribution in [1.82, 2.24) is 0 Å². The van der Waals surface area contributed by atoms with Gasteiger partial charge in [0.15, 0.2) is 11.4 Å². The Bertz CT molecular complexity index is 1070. The van der Waals surface area contributed by atoms with Gasteiger partial charge in [0.2, 0.25) is 0 Å². The highest BCUT2D eigenvalue weighted by Gasteiger charge is 2.88. The minimum Gasteiger partial charge on any atom is -0.457 e. The molecule has 3 N–H and O–H groups in total. The summed E-state index contributed by atoms with van der Waals surface area (Å²) < 4.78 is 12.4. The second-order valence-electron chi connectivity index (χ2n) is 12.7. The number of fused-ring (bicyclic) bond motifs is 5. The lowest BCUT2D eigenvalue weighted by atomic mass is 9.59. The van der Waals surface area contributed by atoms with Crippen molar-refractivity contribution in [3.63, 3.8) is 0 Å². The second kappa shape index (κ2) is 8.75. The van der Waals surface area contributed by atoms with Gasteiger partial charge in [0.25, 0.3) is 0 Å². The molecule has 0 aromatic rings. The molecule has 0 aliphatic heterocycles. The minimum absolute atomic E-state index is 0.115. The van der Waals surface area contributed by atoms with E-state index in [9.17, 15) is 29.7 Å². The van der Waals surface area contributed by atoms with Crippen molar-refractivity contribution in [2.45, 2.75) is 91.1 Å². The zero-order valence-electron chi connectivity index (χ0n) is 23.2. The Morgan fingerprint density at radius 3 is 2.30 bits per heavy atom. The number of ether oxygens (including phenoxy) is 2. The largest absolute Gasteiger partial charge is 0.457 e. The molecule has 4 aliphatic carbocycles. The maximum Gasteiger partial charge on any atom is 0.309 e. The van der Waals surface area contributed by atoms with Gasteiger partial charge in [0.05, 0.1) is 24.0 Å². The third-order valence-corrected chi connectivity index (χ3v) is 9.96. The average Bonchev–Trinajstić information content (AvgIpc) is 3.26. The number of carbonyl (C=O) groups is 3. The van der Waals surface area contributed by atoms with E-state index in [0.29, 0.717) is 17.6 Å². The summed E-state index contributed by atoms with van der Waals surface area (Å²) >= 11 is 0. The molecule has 2 fully saturated rings. The zero-order valence-corrected chi connectivity index (χ0v) is 23.2. The predicted octanol–water partition coefficient (Wildman–Crippen LogP) is 2.73. The van der Waals surface area contributed by atoms with Gasteiger partial charge in [-0.1, -0.05) is 60.6 Å². The summed E-state index contributed by atoms with van der Waals surface area (Å²) in [6, 6.07) is 0. The van der Waals surface area contributed by atoms with Gasteiger partial charge in [-0.15, -0.1) is 0 Å². The van der Waals surface area contributed by atoms with Crippen molar-refractivity contribution in [2.75, 3.05) is 6.61 Å². The number of rotatable bonds is 6. The standard InChI is InChI=1S/C29H42O8/c1-9-15(4)25(33)36-23-17(6)28(35)19(21-26(7,8)29(21,23)37-24(32)14(2)3)11-18(13-30)12-27(34)20(28)10-16(5)22(27)31/h10-11,14-15,17,19-21,23,30,34-35H,9,12-13H2,1-8H3/t15-,17-,19+,20-,21-,23+,27+,28-,29-/m0/s1. The Morgan fingerprint density at radius 1 is 1.14 bits per heavy atom. The van der Waals surface area contributed by atoms with Crippen LogP contribution >= 0.6 is 0 Å². The van der Waals surface area contributed by atoms with E-state index < -0.39 is 81.6 Å². The monoisotopic (exact) mass is 518 g/mol. The Labute approximate surface area is 219 Å². The number of Topliss-reactive ketones (excluding diaryl/α,β-unsaturated/α-hetero) is 1. The van der Waals surface area contributed by atoms with Gasteiger partial charge in [0, 0.05) is 35.5 Å². The number of ketones is 1. The third kappa shape index (κ3) is 3.54. The van der Waals surface area contributed by atoms with Crippen LogP contribution in [0.15, 0.2) is 23.3 Å². The first kappa shape index (κ1) is 28.0. The van der Waals surface area contributed by atoms with E-state index in [2.05, 4.69) is 0 Å². The van der Waals surface area contributed by atoms with Gasteiger partial charge < -0.3 is 24.8 Å². The molecule has 0 aromatic heterocycles. The summed E-state index contributed by atoms with van der Waals surface area (Å²) in [5.74, 6) is -5.15. The number of esters is 2. The van der Waals surface area contributed by atoms with Gasteiger partial charge >= 0.3 is 11.9 Å². The molecule has 4 aliphatic rings. The number of aliphatic hydroxyl groups excluding tert-OH is 1. The van der Waals surface area contributed by atoms with Crippen molar-refractivity contribution >= 4 is 17.7 Å². The molecule has 4 rings (SSSR count). The van der Waals surface area contributed by atoms with Gasteiger partial charge in [-0.25, -0.2) is 0 Å². The van der Waals surface area contributed by atoms with Gasteiger partial charge in [-0.3, -0.25) is 14.4 Å². The maximum atomic E-state index is 13.2. The van der Waals surface area contributed by atoms with E-state index in [-0.39, 0.29) is 13.0 Å². The molecular weight excluding hydrogens is 476 g/mol. The van der Waals surface area contributed by atoms with Crippen LogP contribution in [-0.2, 0) is 23.9 Å². The number of hydrogen-bond donors (Lipinski definition) is 3. The summed E-state index contributed by atoms with van der Waals surface area (Å²) in [6.45, 7) is 13.9. The van der Waals surface area contributed by atoms with Gasteiger partial charge in [-0.05, 0) is 24.5 Å². The van der Waals surface area contributed by atoms with Gasteiger partial charge in [-0.2, -0.15) is 0 Å². The number of aliphatic hydroxyl groups is 3. The fourth-order valence-electron chi connectivity index (χ4n) is 7.52. The Hall–Kier alpha value is -2.03. The summed E-state index contributed by atoms with van der Waals surface area (Å²) in [5, 5.41) is 34.6. The van der Waals surface area contributed by atoms with Crippen LogP contribution in [0.2, 0.25) is 0 Å². The molecule has 0 spiro atoms. The van der Waals surface area contributed by atoms with Crippen molar-refractivity contribution in [3.8, 4) is 0 Å². The molecule has 0 heterocycles. The highest BCUT2D eigenvalue weighted by Crippen LogP contribution is 2.77. The fourth-order valence-corrected chi connectivity index (χ4v) is 7.52. The first-order valence-electron chi connectivity index (χ1n) is 13.5. The van der Waals surface area contributed by atoms with Crippen LogP contribution in [0.4, 0.5) is 0 Å². The molecule has 0 radical (unpaired) electrons. The molecule has 8 heteroatoms. The van der Waals surface area contributed by atoms with E-state index in [4.69, 9.17) is 9.47 Å². The molecule has 2 saturated carbocycles. The summed E-state index contributed by atoms with van der Waals surface area (Å²) in [5.41, 5.74) is -4.78. The van der Waals surface area contributed by atoms with Gasteiger partial charge in [0.1, 0.15) is 11.7 Å². The molecule has 0 amide bonds. The average molecular weight is 519 g/mol. The molecule has 0 aromatic carbocycles. The molecular formula is C29H42O8. The molecule has 37 heavy (non-hydrogen) atoms. The minimum atomic E-state index is -1.94. The first-order chi connectivity index (χ1) is 17.0. The first-order valence-corrected chi connectivity index (χ1v) is 13.5. The van der Waals surface area contributed by atoms with Crippen LogP contribution in [0.5, 0.6) is 0 Å². The van der Waals surface area contributed by atoms with Crippen LogP contribution in [0.3, 0.4) is 0 Å². The van der Waals surface area contributed by atoms with Crippen LogP contribution in [-0.4, -0.2) is 62.6 Å². The molecule has 0 bridgehead atoms. The fraction of sp³-hybridized carbons (Fsp3) is 0.759. The van der Waals surface area contributed by atoms with Crippen LogP contribution in [0.25, 0.3) is 0 Å². The van der Waals surface area contributed by atoms with E-state index in [1.807, 2.05) is 20.8 Å². The van der Waals surface area contributed by atoms with Crippen molar-refractivity contribution < 1.29 is 39.2 Å². The lowest BCUT2D eigenvalue weighted by molar-refractivity contribution is -0.231. The van der Waals surface area contributed by atoms with E-state index in [1.54, 1.807) is 46.8 Å². The van der Waals surface area contributed by atoms with E-state index in [1.165, 1.54) is 0 Å². The second-order valence-corrected chi connectivity index (χ2v) is 12.7. The number of carbonyl (C=O) groups excluding carboxylic acids is 3. The lowest BCUT2D eigenvalue weighted by Crippen LogP contribution is -2.66. The topological polar surface area (TPSA) is 130 Å². The highest BCUT2D eigenvalue weighted by atomic mass is 16.6. The Morgan fingerprint density at radius 2 is 1.76 bits per heavy atom. The summed E-state index contributed by atoms with van der Waals surface area (Å²) in [6.07, 6.45) is 2.81. The SMILES string of the molecule is CC[C@H](C)C(=O)O[C@@H]1[C@H](C)[C@]2(O)[C@H](C=C(CO)C[C@]3(O)C(=O)C(C)=C[C@H]23)[C@H]2C(C)(C)[C@@]12OC(=O)C(C)C. The van der Waals surface area contributed by atoms with Crippen LogP contribution in [0, 0.1) is 40.9 Å². The Balaban J connectivity index is 1.94. The maximum absolute atomic E-state index is 13.2. The smallest absolute Gasteiger partial charge is 0.309 e. The predicted molar refractivity (Wildman–Crippen MR) is 135 cm³/mol. The van der Waals surface area contributed by atoms with Crippen LogP contribution in [0.1, 0.15) is 68.2 Å². The summed E-state index contributed by atoms with van der Waals surface area (Å²) in [7, 11) is 0. The molecule has 9 atom stereocenters. The molecule has 0 saturated heterocycles.